The lowest BCUT2D eigenvalue weighted by molar-refractivity contribution is -0.115. The summed E-state index contributed by atoms with van der Waals surface area (Å²) in [6.45, 7) is 3.47. The molecule has 0 unspecified atom stereocenters. The number of carbonyl (C=O) groups is 2. The number of hydrogen-bond donors (Lipinski definition) is 2. The Morgan fingerprint density at radius 3 is 2.11 bits per heavy atom. The molecule has 2 N–H and O–H groups in total. The van der Waals surface area contributed by atoms with Crippen LogP contribution in [0.15, 0.2) is 24.3 Å². The van der Waals surface area contributed by atoms with E-state index in [1.165, 1.54) is 0 Å². The van der Waals surface area contributed by atoms with Gasteiger partial charge in [-0.1, -0.05) is 6.92 Å². The third-order valence-electron chi connectivity index (χ3n) is 3.13. The zero-order chi connectivity index (χ0) is 13.7. The van der Waals surface area contributed by atoms with Gasteiger partial charge in [0.25, 0.3) is 0 Å². The fourth-order valence-electron chi connectivity index (χ4n) is 2.01. The van der Waals surface area contributed by atoms with Gasteiger partial charge >= 0.3 is 6.03 Å². The van der Waals surface area contributed by atoms with Crippen molar-refractivity contribution in [2.45, 2.75) is 26.2 Å². The zero-order valence-electron chi connectivity index (χ0n) is 11.1. The highest BCUT2D eigenvalue weighted by Gasteiger charge is 2.17. The Labute approximate surface area is 113 Å². The Kier molecular flexibility index (Phi) is 4.39. The third kappa shape index (κ3) is 3.71. The van der Waals surface area contributed by atoms with Crippen molar-refractivity contribution >= 4 is 23.3 Å². The van der Waals surface area contributed by atoms with Gasteiger partial charge in [-0.15, -0.1) is 0 Å². The van der Waals surface area contributed by atoms with E-state index in [0.29, 0.717) is 6.42 Å². The summed E-state index contributed by atoms with van der Waals surface area (Å²) in [7, 11) is 0. The molecule has 0 spiro atoms. The van der Waals surface area contributed by atoms with E-state index in [-0.39, 0.29) is 11.9 Å². The molecule has 1 aliphatic heterocycles. The summed E-state index contributed by atoms with van der Waals surface area (Å²) in [5.74, 6) is -0.0196. The van der Waals surface area contributed by atoms with Gasteiger partial charge in [0.05, 0.1) is 0 Å². The molecule has 0 radical (unpaired) electrons. The molecule has 0 aliphatic carbocycles. The van der Waals surface area contributed by atoms with Crippen LogP contribution in [-0.4, -0.2) is 29.9 Å². The first kappa shape index (κ1) is 13.4. The van der Waals surface area contributed by atoms with Crippen LogP contribution in [-0.2, 0) is 4.79 Å². The number of rotatable bonds is 3. The van der Waals surface area contributed by atoms with E-state index in [9.17, 15) is 9.59 Å². The molecule has 1 aromatic rings. The molecule has 1 heterocycles. The highest BCUT2D eigenvalue weighted by molar-refractivity contribution is 5.92. The lowest BCUT2D eigenvalue weighted by Crippen LogP contribution is -2.32. The Balaban J connectivity index is 1.91. The van der Waals surface area contributed by atoms with Gasteiger partial charge in [0.15, 0.2) is 0 Å². The fourth-order valence-corrected chi connectivity index (χ4v) is 2.01. The molecule has 0 atom stereocenters. The average molecular weight is 261 g/mol. The van der Waals surface area contributed by atoms with Crippen molar-refractivity contribution in [2.24, 2.45) is 0 Å². The van der Waals surface area contributed by atoms with Gasteiger partial charge in [-0.25, -0.2) is 4.79 Å². The van der Waals surface area contributed by atoms with Crippen LogP contribution in [0, 0.1) is 0 Å². The van der Waals surface area contributed by atoms with Crippen LogP contribution in [0.4, 0.5) is 16.2 Å². The number of carbonyl (C=O) groups excluding carboxylic acids is 2. The molecule has 5 nitrogen and oxygen atoms in total. The maximum atomic E-state index is 11.9. The molecule has 5 heteroatoms. The number of nitrogens with one attached hydrogen (secondary N) is 2. The molecule has 0 aromatic heterocycles. The summed E-state index contributed by atoms with van der Waals surface area (Å²) in [6.07, 6.45) is 2.61. The van der Waals surface area contributed by atoms with Gasteiger partial charge in [-0.2, -0.15) is 0 Å². The van der Waals surface area contributed by atoms with E-state index in [0.717, 1.165) is 37.3 Å². The van der Waals surface area contributed by atoms with Crippen LogP contribution in [0.2, 0.25) is 0 Å². The molecule has 1 saturated heterocycles. The molecular formula is C14H19N3O2. The number of urea groups is 1. The molecule has 1 aliphatic rings. The van der Waals surface area contributed by atoms with Gasteiger partial charge in [0, 0.05) is 30.9 Å². The number of hydrogen-bond acceptors (Lipinski definition) is 2. The minimum absolute atomic E-state index is 0.0196. The largest absolute Gasteiger partial charge is 0.326 e. The second kappa shape index (κ2) is 6.22. The normalized spacial score (nSPS) is 14.3. The van der Waals surface area contributed by atoms with Crippen molar-refractivity contribution in [3.05, 3.63) is 24.3 Å². The van der Waals surface area contributed by atoms with Crippen molar-refractivity contribution in [1.29, 1.82) is 0 Å². The number of nitrogens with zero attached hydrogens (tertiary/aromatic N) is 1. The number of anilines is 2. The minimum Gasteiger partial charge on any atom is -0.326 e. The Morgan fingerprint density at radius 2 is 1.58 bits per heavy atom. The molecule has 3 amide bonds. The number of amides is 3. The van der Waals surface area contributed by atoms with E-state index in [4.69, 9.17) is 0 Å². The lowest BCUT2D eigenvalue weighted by atomic mass is 10.2. The van der Waals surface area contributed by atoms with Crippen molar-refractivity contribution in [3.8, 4) is 0 Å². The first-order valence-electron chi connectivity index (χ1n) is 6.65. The van der Waals surface area contributed by atoms with Gasteiger partial charge < -0.3 is 15.5 Å². The summed E-state index contributed by atoms with van der Waals surface area (Å²) >= 11 is 0. The standard InChI is InChI=1S/C14H19N3O2/c1-2-13(18)15-11-5-7-12(8-6-11)16-14(19)17-9-3-4-10-17/h5-8H,2-4,9-10H2,1H3,(H,15,18)(H,16,19). The van der Waals surface area contributed by atoms with E-state index in [1.54, 1.807) is 31.2 Å². The van der Waals surface area contributed by atoms with Crippen LogP contribution in [0.25, 0.3) is 0 Å². The molecule has 1 aromatic carbocycles. The molecule has 102 valence electrons. The van der Waals surface area contributed by atoms with Crippen LogP contribution >= 0.6 is 0 Å². The summed E-state index contributed by atoms with van der Waals surface area (Å²) < 4.78 is 0. The van der Waals surface area contributed by atoms with E-state index in [2.05, 4.69) is 10.6 Å². The van der Waals surface area contributed by atoms with Crippen LogP contribution < -0.4 is 10.6 Å². The predicted molar refractivity (Wildman–Crippen MR) is 75.2 cm³/mol. The number of benzene rings is 1. The molecule has 0 saturated carbocycles. The van der Waals surface area contributed by atoms with E-state index < -0.39 is 0 Å². The molecular weight excluding hydrogens is 242 g/mol. The summed E-state index contributed by atoms with van der Waals surface area (Å²) in [4.78, 5) is 24.9. The first-order valence-corrected chi connectivity index (χ1v) is 6.65. The molecule has 2 rings (SSSR count). The molecule has 19 heavy (non-hydrogen) atoms. The second-order valence-corrected chi connectivity index (χ2v) is 4.60. The Bertz CT molecular complexity index is 450. The van der Waals surface area contributed by atoms with Crippen molar-refractivity contribution < 1.29 is 9.59 Å². The second-order valence-electron chi connectivity index (χ2n) is 4.60. The Morgan fingerprint density at radius 1 is 1.05 bits per heavy atom. The van der Waals surface area contributed by atoms with Gasteiger partial charge in [-0.3, -0.25) is 4.79 Å². The van der Waals surface area contributed by atoms with Crippen molar-refractivity contribution in [2.75, 3.05) is 23.7 Å². The van der Waals surface area contributed by atoms with Crippen molar-refractivity contribution in [1.82, 2.24) is 4.90 Å². The maximum Gasteiger partial charge on any atom is 0.321 e. The number of likely N-dealkylation sites (tertiary alicyclic amines) is 1. The van der Waals surface area contributed by atoms with Crippen molar-refractivity contribution in [3.63, 3.8) is 0 Å². The van der Waals surface area contributed by atoms with Crippen LogP contribution in [0.5, 0.6) is 0 Å². The molecule has 1 fully saturated rings. The minimum atomic E-state index is -0.0529. The highest BCUT2D eigenvalue weighted by Crippen LogP contribution is 2.15. The smallest absolute Gasteiger partial charge is 0.321 e. The van der Waals surface area contributed by atoms with Gasteiger partial charge in [0.1, 0.15) is 0 Å². The van der Waals surface area contributed by atoms with Crippen LogP contribution in [0.1, 0.15) is 26.2 Å². The zero-order valence-corrected chi connectivity index (χ0v) is 11.1. The summed E-state index contributed by atoms with van der Waals surface area (Å²) in [6, 6.07) is 7.10. The first-order chi connectivity index (χ1) is 9.19. The average Bonchev–Trinajstić information content (AvgIpc) is 2.95. The monoisotopic (exact) mass is 261 g/mol. The predicted octanol–water partition coefficient (Wildman–Crippen LogP) is 2.66. The topological polar surface area (TPSA) is 61.4 Å². The summed E-state index contributed by atoms with van der Waals surface area (Å²) in [5.41, 5.74) is 1.48. The SMILES string of the molecule is CCC(=O)Nc1ccc(NC(=O)N2CCCC2)cc1. The van der Waals surface area contributed by atoms with E-state index >= 15 is 0 Å². The quantitative estimate of drug-likeness (QED) is 0.878. The Hall–Kier alpha value is -2.04. The van der Waals surface area contributed by atoms with E-state index in [1.807, 2.05) is 4.90 Å². The lowest BCUT2D eigenvalue weighted by Gasteiger charge is -2.16. The van der Waals surface area contributed by atoms with Crippen LogP contribution in [0.3, 0.4) is 0 Å². The highest BCUT2D eigenvalue weighted by atomic mass is 16.2. The molecule has 0 bridgehead atoms. The van der Waals surface area contributed by atoms with Gasteiger partial charge in [0.2, 0.25) is 5.91 Å². The fraction of sp³-hybridized carbons (Fsp3) is 0.429. The maximum absolute atomic E-state index is 11.9. The van der Waals surface area contributed by atoms with Gasteiger partial charge in [-0.05, 0) is 37.1 Å². The summed E-state index contributed by atoms with van der Waals surface area (Å²) in [5, 5.41) is 5.62. The third-order valence-corrected chi connectivity index (χ3v) is 3.13.